The van der Waals surface area contributed by atoms with Gasteiger partial charge in [-0.15, -0.1) is 0 Å². The lowest BCUT2D eigenvalue weighted by atomic mass is 9.46. The third kappa shape index (κ3) is 6.16. The molecule has 349 valence electrons. The molecule has 66 heavy (non-hydrogen) atoms. The van der Waals surface area contributed by atoms with E-state index < -0.39 is 69.5 Å². The molecular formula is C52H62BFN3O9. The number of likely N-dealkylation sites (tertiary alicyclic amines) is 1. The van der Waals surface area contributed by atoms with E-state index in [9.17, 15) is 24.2 Å². The summed E-state index contributed by atoms with van der Waals surface area (Å²) < 4.78 is 38.5. The average Bonchev–Trinajstić information content (AvgIpc) is 3.97. The largest absolute Gasteiger partial charge is 0.468 e. The molecule has 8 aliphatic rings. The zero-order chi connectivity index (χ0) is 46.7. The SMILES string of the molecule is CC[C@]1(O)C[C@H]2CN(CCC3=C([B]c4ccc(-c5ccc(F)cc5)cc43)[C@@](C(=O)OC)(C3C=C4C(=CC3OC)N(C)[C@H]3[C@@](O)(C(=O)OC)[C@H](OC(C)=O)[C@]5(CC)C=CCN6CC[C@]43[C@@H]65)C2)C1. The van der Waals surface area contributed by atoms with Crippen molar-refractivity contribution in [2.75, 3.05) is 61.1 Å². The summed E-state index contributed by atoms with van der Waals surface area (Å²) in [5, 5.41) is 25.6. The number of hydrogen-bond donors (Lipinski definition) is 2. The number of hydrogen-bond acceptors (Lipinski definition) is 12. The molecule has 4 fully saturated rings. The monoisotopic (exact) mass is 902 g/mol. The van der Waals surface area contributed by atoms with Gasteiger partial charge < -0.3 is 34.1 Å². The number of nitrogens with zero attached hydrogens (tertiary/aromatic N) is 3. The molecule has 2 aromatic carbocycles. The van der Waals surface area contributed by atoms with Gasteiger partial charge in [-0.3, -0.25) is 19.4 Å². The summed E-state index contributed by atoms with van der Waals surface area (Å²) in [4.78, 5) is 50.0. The van der Waals surface area contributed by atoms with Crippen molar-refractivity contribution in [3.8, 4) is 11.1 Å². The number of aliphatic hydroxyl groups is 2. The highest BCUT2D eigenvalue weighted by Gasteiger charge is 2.81. The van der Waals surface area contributed by atoms with Crippen molar-refractivity contribution in [3.05, 3.63) is 94.9 Å². The van der Waals surface area contributed by atoms with E-state index in [0.717, 1.165) is 44.5 Å². The van der Waals surface area contributed by atoms with Gasteiger partial charge in [-0.1, -0.05) is 67.3 Å². The van der Waals surface area contributed by atoms with Gasteiger partial charge in [0.2, 0.25) is 5.60 Å². The average molecular weight is 903 g/mol. The molecule has 1 radical (unpaired) electrons. The van der Waals surface area contributed by atoms with Crippen molar-refractivity contribution < 1.29 is 47.9 Å². The van der Waals surface area contributed by atoms with Crippen LogP contribution in [0, 0.1) is 33.9 Å². The molecule has 0 aromatic heterocycles. The van der Waals surface area contributed by atoms with E-state index in [1.807, 2.05) is 31.9 Å². The van der Waals surface area contributed by atoms with Gasteiger partial charge in [-0.25, -0.2) is 9.18 Å². The van der Waals surface area contributed by atoms with Crippen LogP contribution in [-0.2, 0) is 33.3 Å². The summed E-state index contributed by atoms with van der Waals surface area (Å²) in [6.45, 7) is 8.51. The van der Waals surface area contributed by atoms with Crippen LogP contribution in [0.1, 0.15) is 64.9 Å². The molecule has 10 rings (SSSR count). The molecule has 6 aliphatic heterocycles. The molecule has 1 spiro atoms. The van der Waals surface area contributed by atoms with E-state index >= 15 is 4.79 Å². The molecule has 2 aromatic rings. The fraction of sp³-hybridized carbons (Fsp3) is 0.558. The van der Waals surface area contributed by atoms with Crippen molar-refractivity contribution >= 4 is 36.2 Å². The second kappa shape index (κ2) is 16.0. The minimum atomic E-state index is -2.32. The van der Waals surface area contributed by atoms with E-state index in [2.05, 4.69) is 53.5 Å². The molecular weight excluding hydrogens is 840 g/mol. The Labute approximate surface area is 387 Å². The van der Waals surface area contributed by atoms with E-state index in [1.54, 1.807) is 19.2 Å². The summed E-state index contributed by atoms with van der Waals surface area (Å²) in [5.41, 5.74) is 0.786. The number of fused-ring (bicyclic) bond motifs is 5. The standard InChI is InChI=1S/C52H62BFN3O9/c1-8-48(61)26-31-27-51(46(59)64-6,42-35(17-21-56(28-31)29-48)36-23-33(13-16-39(36)53-42)32-11-14-34(54)15-12-32)38-24-37-40(25-41(38)63-5)55(4)44-50(37)19-22-57-20-10-18-49(9-2,43(50)57)45(66-30(3)58)52(44,62)47(60)65-7/h10-16,18,23-25,31,38,41,43-45,61-62H,8-9,17,19-22,26-29H2,1-7H3/t31-,38?,41?,43+,44-,45-,48+,49-,50-,51+,52+/m1/s1. The van der Waals surface area contributed by atoms with Crippen LogP contribution in [0.25, 0.3) is 16.7 Å². The number of likely N-dealkylation sites (N-methyl/N-ethyl adjacent to an activating group) is 1. The zero-order valence-corrected chi connectivity index (χ0v) is 39.1. The lowest BCUT2D eigenvalue weighted by molar-refractivity contribution is -0.243. The van der Waals surface area contributed by atoms with E-state index in [-0.39, 0.29) is 17.8 Å². The van der Waals surface area contributed by atoms with Gasteiger partial charge in [-0.05, 0) is 103 Å². The van der Waals surface area contributed by atoms with Gasteiger partial charge in [0.1, 0.15) is 5.82 Å². The molecule has 0 amide bonds. The van der Waals surface area contributed by atoms with Crippen LogP contribution < -0.4 is 5.46 Å². The van der Waals surface area contributed by atoms with Crippen molar-refractivity contribution in [1.29, 1.82) is 0 Å². The summed E-state index contributed by atoms with van der Waals surface area (Å²) in [5.74, 6) is -2.98. The van der Waals surface area contributed by atoms with Gasteiger partial charge >= 0.3 is 17.9 Å². The lowest BCUT2D eigenvalue weighted by Gasteiger charge is -2.63. The topological polar surface area (TPSA) is 138 Å². The first-order valence-electron chi connectivity index (χ1n) is 23.7. The van der Waals surface area contributed by atoms with Crippen LogP contribution in [0.5, 0.6) is 0 Å². The quantitative estimate of drug-likeness (QED) is 0.166. The molecule has 14 heteroatoms. The number of allylic oxidation sites excluding steroid dienone is 1. The predicted molar refractivity (Wildman–Crippen MR) is 246 cm³/mol. The smallest absolute Gasteiger partial charge is 0.344 e. The molecule has 2 aliphatic carbocycles. The molecule has 12 atom stereocenters. The highest BCUT2D eigenvalue weighted by Crippen LogP contribution is 2.70. The Bertz CT molecular complexity index is 2490. The van der Waals surface area contributed by atoms with E-state index in [1.165, 1.54) is 33.3 Å². The Kier molecular flexibility index (Phi) is 11.0. The summed E-state index contributed by atoms with van der Waals surface area (Å²) in [6, 6.07) is 11.5. The maximum Gasteiger partial charge on any atom is 0.344 e. The second-order valence-electron chi connectivity index (χ2n) is 20.4. The Morgan fingerprint density at radius 2 is 1.67 bits per heavy atom. The summed E-state index contributed by atoms with van der Waals surface area (Å²) >= 11 is 0. The van der Waals surface area contributed by atoms with Gasteiger partial charge in [0.05, 0.1) is 37.4 Å². The fourth-order valence-electron chi connectivity index (χ4n) is 15.0. The molecule has 2 N–H and O–H groups in total. The van der Waals surface area contributed by atoms with Crippen molar-refractivity contribution in [2.45, 2.75) is 94.8 Å². The number of esters is 3. The third-order valence-electron chi connectivity index (χ3n) is 17.4. The third-order valence-corrected chi connectivity index (χ3v) is 17.4. The molecule has 12 nitrogen and oxygen atoms in total. The number of piperidine rings is 1. The van der Waals surface area contributed by atoms with Crippen LogP contribution in [0.15, 0.2) is 83.5 Å². The van der Waals surface area contributed by atoms with Crippen LogP contribution in [-0.4, -0.2) is 147 Å². The molecule has 2 bridgehead atoms. The predicted octanol–water partition coefficient (Wildman–Crippen LogP) is 4.61. The van der Waals surface area contributed by atoms with Gasteiger partial charge in [0, 0.05) is 75.7 Å². The van der Waals surface area contributed by atoms with Crippen LogP contribution in [0.4, 0.5) is 4.39 Å². The lowest BCUT2D eigenvalue weighted by Crippen LogP contribution is -2.79. The zero-order valence-electron chi connectivity index (χ0n) is 39.1. The van der Waals surface area contributed by atoms with E-state index in [4.69, 9.17) is 18.9 Å². The van der Waals surface area contributed by atoms with Crippen molar-refractivity contribution in [1.82, 2.24) is 14.7 Å². The van der Waals surface area contributed by atoms with Crippen LogP contribution in [0.3, 0.4) is 0 Å². The first-order chi connectivity index (χ1) is 31.6. The molecule has 3 unspecified atom stereocenters. The maximum atomic E-state index is 15.7. The minimum absolute atomic E-state index is 0.109. The number of halogens is 1. The highest BCUT2D eigenvalue weighted by atomic mass is 19.1. The number of carbonyl (C=O) groups is 3. The number of rotatable bonds is 8. The second-order valence-corrected chi connectivity index (χ2v) is 20.4. The van der Waals surface area contributed by atoms with Gasteiger partial charge in [0.25, 0.3) is 0 Å². The Morgan fingerprint density at radius 1 is 0.924 bits per heavy atom. The highest BCUT2D eigenvalue weighted by molar-refractivity contribution is 6.67. The van der Waals surface area contributed by atoms with Gasteiger partial charge in [-0.2, -0.15) is 0 Å². The Hall–Kier alpha value is -4.60. The minimum Gasteiger partial charge on any atom is -0.468 e. The number of carbonyl (C=O) groups excluding carboxylic acids is 3. The Balaban J connectivity index is 1.23. The van der Waals surface area contributed by atoms with Crippen molar-refractivity contribution in [3.63, 3.8) is 0 Å². The first kappa shape index (κ1) is 45.2. The normalized spacial score (nSPS) is 38.5. The summed E-state index contributed by atoms with van der Waals surface area (Å²) in [7, 11) is 8.39. The fourth-order valence-corrected chi connectivity index (χ4v) is 15.0. The van der Waals surface area contributed by atoms with Crippen LogP contribution >= 0.6 is 0 Å². The number of ether oxygens (including phenoxy) is 4. The Morgan fingerprint density at radius 3 is 2.35 bits per heavy atom. The molecule has 3 saturated heterocycles. The maximum absolute atomic E-state index is 15.7. The van der Waals surface area contributed by atoms with E-state index in [0.29, 0.717) is 71.2 Å². The van der Waals surface area contributed by atoms with Gasteiger partial charge in [0.15, 0.2) is 13.4 Å². The van der Waals surface area contributed by atoms with Crippen LogP contribution in [0.2, 0.25) is 0 Å². The first-order valence-corrected chi connectivity index (χ1v) is 23.7. The summed E-state index contributed by atoms with van der Waals surface area (Å²) in [6.07, 6.45) is 9.46. The van der Waals surface area contributed by atoms with Crippen molar-refractivity contribution in [2.24, 2.45) is 28.1 Å². The number of benzene rings is 2. The number of methoxy groups -OCH3 is 3. The molecule has 1 saturated carbocycles. The molecule has 6 heterocycles.